The van der Waals surface area contributed by atoms with Crippen molar-refractivity contribution in [3.05, 3.63) is 28.1 Å². The molecule has 1 aromatic carbocycles. The Bertz CT molecular complexity index is 957. The van der Waals surface area contributed by atoms with E-state index in [9.17, 15) is 22.0 Å². The number of alkyl halides is 5. The average molecular weight is 342 g/mol. The predicted octanol–water partition coefficient (Wildman–Crippen LogP) is -0.663. The van der Waals surface area contributed by atoms with Crippen LogP contribution in [0.4, 0.5) is 22.0 Å². The first kappa shape index (κ1) is 19.9. The van der Waals surface area contributed by atoms with Crippen LogP contribution >= 0.6 is 0 Å². The van der Waals surface area contributed by atoms with Crippen LogP contribution in [0.3, 0.4) is 0 Å². The standard InChI is InChI=1S/C13F5N6.Li/c14-12(15,13(16,17)18)11-23-9-7(3-21)5(1-19)6(2-20)8(4-22)10(9)24-11;/q-1;+1. The normalized spacial score (nSPS) is 10.9. The molecule has 0 N–H and O–H groups in total. The maximum atomic E-state index is 13.4. The van der Waals surface area contributed by atoms with Gasteiger partial charge in [-0.25, -0.2) is 0 Å². The minimum Gasteiger partial charge on any atom is -0.433 e. The second-order valence-corrected chi connectivity index (χ2v) is 4.26. The first-order valence-electron chi connectivity index (χ1n) is 5.73. The van der Waals surface area contributed by atoms with Crippen molar-refractivity contribution in [2.24, 2.45) is 0 Å². The molecule has 2 rings (SSSR count). The van der Waals surface area contributed by atoms with Crippen LogP contribution in [0.5, 0.6) is 0 Å². The number of fused-ring (bicyclic) bond motifs is 1. The molecule has 0 saturated heterocycles. The van der Waals surface area contributed by atoms with Crippen molar-refractivity contribution < 1.29 is 40.8 Å². The van der Waals surface area contributed by atoms with Gasteiger partial charge in [0.1, 0.15) is 24.3 Å². The number of nitrogens with zero attached hydrogens (tertiary/aromatic N) is 6. The summed E-state index contributed by atoms with van der Waals surface area (Å²) in [7, 11) is 0. The molecule has 0 aliphatic heterocycles. The van der Waals surface area contributed by atoms with Crippen molar-refractivity contribution in [2.45, 2.75) is 12.1 Å². The molecule has 6 nitrogen and oxygen atoms in total. The minimum absolute atomic E-state index is 0. The summed E-state index contributed by atoms with van der Waals surface area (Å²) in [5, 5.41) is 36.1. The van der Waals surface area contributed by atoms with Gasteiger partial charge in [-0.3, -0.25) is 0 Å². The van der Waals surface area contributed by atoms with Gasteiger partial charge in [0, 0.05) is 0 Å². The molecular weight excluding hydrogens is 342 g/mol. The molecule has 25 heavy (non-hydrogen) atoms. The van der Waals surface area contributed by atoms with E-state index in [4.69, 9.17) is 21.0 Å². The monoisotopic (exact) mass is 342 g/mol. The Morgan fingerprint density at radius 3 is 1.60 bits per heavy atom. The molecule has 0 atom stereocenters. The molecular formula is C13F5LiN6. The maximum absolute atomic E-state index is 13.4. The summed E-state index contributed by atoms with van der Waals surface area (Å²) < 4.78 is 64.1. The fraction of sp³-hybridized carbons (Fsp3) is 0.154. The average Bonchev–Trinajstić information content (AvgIpc) is 2.96. The molecule has 0 amide bonds. The minimum atomic E-state index is -6.01. The van der Waals surface area contributed by atoms with Crippen LogP contribution in [0.1, 0.15) is 28.1 Å². The second kappa shape index (κ2) is 6.42. The first-order chi connectivity index (χ1) is 11.1. The number of benzene rings is 1. The van der Waals surface area contributed by atoms with E-state index in [1.165, 1.54) is 24.3 Å². The van der Waals surface area contributed by atoms with E-state index in [2.05, 4.69) is 9.97 Å². The second-order valence-electron chi connectivity index (χ2n) is 4.26. The van der Waals surface area contributed by atoms with Crippen molar-refractivity contribution in [2.75, 3.05) is 0 Å². The number of hydrogen-bond acceptors (Lipinski definition) is 5. The van der Waals surface area contributed by atoms with Gasteiger partial charge < -0.3 is 9.97 Å². The van der Waals surface area contributed by atoms with Crippen molar-refractivity contribution in [1.82, 2.24) is 9.97 Å². The number of hydrogen-bond donors (Lipinski definition) is 0. The Morgan fingerprint density at radius 2 is 1.20 bits per heavy atom. The maximum Gasteiger partial charge on any atom is 1.00 e. The van der Waals surface area contributed by atoms with Gasteiger partial charge in [0.2, 0.25) is 0 Å². The van der Waals surface area contributed by atoms with Crippen molar-refractivity contribution in [3.8, 4) is 24.3 Å². The van der Waals surface area contributed by atoms with E-state index in [1.54, 1.807) is 0 Å². The topological polar surface area (TPSA) is 122 Å². The van der Waals surface area contributed by atoms with Crippen LogP contribution < -0.4 is 23.8 Å². The van der Waals surface area contributed by atoms with Crippen LogP contribution in [-0.4, -0.2) is 11.2 Å². The Morgan fingerprint density at radius 1 is 0.760 bits per heavy atom. The van der Waals surface area contributed by atoms with Gasteiger partial charge in [0.15, 0.2) is 0 Å². The van der Waals surface area contributed by atoms with Crippen molar-refractivity contribution in [3.63, 3.8) is 0 Å². The third-order valence-electron chi connectivity index (χ3n) is 2.97. The number of halogens is 5. The van der Waals surface area contributed by atoms with Crippen LogP contribution in [0.15, 0.2) is 0 Å². The van der Waals surface area contributed by atoms with E-state index < -0.39 is 51.2 Å². The van der Waals surface area contributed by atoms with E-state index in [0.29, 0.717) is 0 Å². The quantitative estimate of drug-likeness (QED) is 0.501. The summed E-state index contributed by atoms with van der Waals surface area (Å²) >= 11 is 0. The third-order valence-corrected chi connectivity index (χ3v) is 2.97. The molecule has 0 fully saturated rings. The molecule has 0 aliphatic rings. The van der Waals surface area contributed by atoms with Crippen molar-refractivity contribution >= 4 is 11.0 Å². The van der Waals surface area contributed by atoms with E-state index in [-0.39, 0.29) is 18.9 Å². The van der Waals surface area contributed by atoms with Crippen LogP contribution in [0.2, 0.25) is 0 Å². The van der Waals surface area contributed by atoms with Crippen molar-refractivity contribution in [1.29, 1.82) is 21.0 Å². The van der Waals surface area contributed by atoms with E-state index >= 15 is 0 Å². The third kappa shape index (κ3) is 2.77. The molecule has 0 bridgehead atoms. The first-order valence-corrected chi connectivity index (χ1v) is 5.73. The summed E-state index contributed by atoms with van der Waals surface area (Å²) in [5.41, 5.74) is -4.26. The molecule has 2 aromatic rings. The van der Waals surface area contributed by atoms with Gasteiger partial charge in [0.25, 0.3) is 0 Å². The van der Waals surface area contributed by atoms with Gasteiger partial charge in [0.05, 0.1) is 22.3 Å². The molecule has 0 unspecified atom stereocenters. The fourth-order valence-electron chi connectivity index (χ4n) is 1.89. The fourth-order valence-corrected chi connectivity index (χ4v) is 1.89. The van der Waals surface area contributed by atoms with Gasteiger partial charge in [-0.2, -0.15) is 43.0 Å². The summed E-state index contributed by atoms with van der Waals surface area (Å²) in [4.78, 5) is 6.00. The number of nitriles is 4. The van der Waals surface area contributed by atoms with E-state index in [0.717, 1.165) is 0 Å². The van der Waals surface area contributed by atoms with Crippen LogP contribution in [0.25, 0.3) is 11.0 Å². The zero-order valence-corrected chi connectivity index (χ0v) is 12.1. The SMILES string of the molecule is N#Cc1c(C#N)c(C#N)c2[n-]c(C(F)(F)C(F)(F)F)nc2c1C#N.[Li+]. The zero-order valence-electron chi connectivity index (χ0n) is 12.1. The Hall–Kier alpha value is -3.10. The predicted molar refractivity (Wildman–Crippen MR) is 63.9 cm³/mol. The number of imidazole rings is 1. The van der Waals surface area contributed by atoms with Crippen LogP contribution in [0, 0.1) is 45.3 Å². The van der Waals surface area contributed by atoms with Gasteiger partial charge in [-0.05, 0) is 16.9 Å². The van der Waals surface area contributed by atoms with Gasteiger partial charge >= 0.3 is 31.0 Å². The largest absolute Gasteiger partial charge is 1.00 e. The smallest absolute Gasteiger partial charge is 0.433 e. The van der Waals surface area contributed by atoms with E-state index in [1.807, 2.05) is 0 Å². The van der Waals surface area contributed by atoms with Crippen LogP contribution in [-0.2, 0) is 5.92 Å². The Kier molecular flexibility index (Phi) is 5.12. The molecule has 118 valence electrons. The Labute approximate surface area is 147 Å². The molecule has 0 radical (unpaired) electrons. The zero-order chi connectivity index (χ0) is 18.3. The van der Waals surface area contributed by atoms with Gasteiger partial charge in [-0.1, -0.05) is 0 Å². The number of rotatable bonds is 1. The summed E-state index contributed by atoms with van der Waals surface area (Å²) in [6.45, 7) is 0. The Balaban J connectivity index is 0.00000312. The summed E-state index contributed by atoms with van der Waals surface area (Å²) in [6, 6.07) is 5.69. The molecule has 0 saturated carbocycles. The van der Waals surface area contributed by atoms with Gasteiger partial charge in [-0.15, -0.1) is 0 Å². The molecule has 0 aliphatic carbocycles. The summed E-state index contributed by atoms with van der Waals surface area (Å²) in [6.07, 6.45) is -6.01. The molecule has 0 spiro atoms. The summed E-state index contributed by atoms with van der Waals surface area (Å²) in [5.74, 6) is -7.41. The number of aromatic nitrogens is 2. The molecule has 12 heteroatoms. The molecule has 1 heterocycles. The molecule has 1 aromatic heterocycles.